The first-order valence-corrected chi connectivity index (χ1v) is 6.08. The van der Waals surface area contributed by atoms with Crippen molar-refractivity contribution < 1.29 is 13.2 Å². The topological polar surface area (TPSA) is 53.1 Å². The summed E-state index contributed by atoms with van der Waals surface area (Å²) >= 11 is 5.91. The van der Waals surface area contributed by atoms with E-state index in [1.54, 1.807) is 6.92 Å². The van der Waals surface area contributed by atoms with Gasteiger partial charge in [-0.15, -0.1) is 0 Å². The number of benzene rings is 1. The van der Waals surface area contributed by atoms with Gasteiger partial charge in [-0.1, -0.05) is 18.5 Å². The Bertz CT molecular complexity index is 460. The number of hydrogen-bond donors (Lipinski definition) is 2. The molecule has 0 amide bonds. The maximum Gasteiger partial charge on any atom is 0.405 e. The lowest BCUT2D eigenvalue weighted by molar-refractivity contribution is -0.119. The van der Waals surface area contributed by atoms with Gasteiger partial charge in [0.1, 0.15) is 12.4 Å². The summed E-state index contributed by atoms with van der Waals surface area (Å²) in [4.78, 5) is 1.20. The Labute approximate surface area is 114 Å². The number of nitrogens with zero attached hydrogens (tertiary/aromatic N) is 1. The second kappa shape index (κ2) is 6.14. The lowest BCUT2D eigenvalue weighted by Gasteiger charge is -2.26. The highest BCUT2D eigenvalue weighted by molar-refractivity contribution is 6.34. The number of alkyl halides is 3. The largest absolute Gasteiger partial charge is 0.405 e. The molecule has 19 heavy (non-hydrogen) atoms. The van der Waals surface area contributed by atoms with Crippen LogP contribution in [0.2, 0.25) is 5.02 Å². The highest BCUT2D eigenvalue weighted by Crippen LogP contribution is 2.26. The van der Waals surface area contributed by atoms with E-state index in [-0.39, 0.29) is 17.4 Å². The summed E-state index contributed by atoms with van der Waals surface area (Å²) in [6.45, 7) is 1.04. The molecule has 0 bridgehead atoms. The van der Waals surface area contributed by atoms with Crippen LogP contribution in [0.5, 0.6) is 0 Å². The summed E-state index contributed by atoms with van der Waals surface area (Å²) in [6, 6.07) is 4.35. The number of amidine groups is 1. The number of nitrogens with one attached hydrogen (secondary N) is 1. The molecular formula is C12H15ClF3N3. The van der Waals surface area contributed by atoms with Gasteiger partial charge in [0.25, 0.3) is 0 Å². The average molecular weight is 294 g/mol. The van der Waals surface area contributed by atoms with Crippen LogP contribution >= 0.6 is 11.6 Å². The molecule has 1 aromatic carbocycles. The minimum absolute atomic E-state index is 0.174. The zero-order valence-corrected chi connectivity index (χ0v) is 11.1. The van der Waals surface area contributed by atoms with Gasteiger partial charge < -0.3 is 10.6 Å². The fourth-order valence-electron chi connectivity index (χ4n) is 1.70. The second-order valence-electron chi connectivity index (χ2n) is 4.11. The molecule has 0 saturated heterocycles. The third-order valence-corrected chi connectivity index (χ3v) is 2.78. The van der Waals surface area contributed by atoms with Gasteiger partial charge in [0, 0.05) is 17.8 Å². The van der Waals surface area contributed by atoms with E-state index in [1.807, 2.05) is 0 Å². The quantitative estimate of drug-likeness (QED) is 0.646. The Morgan fingerprint density at radius 1 is 1.42 bits per heavy atom. The highest BCUT2D eigenvalue weighted by atomic mass is 35.5. The maximum absolute atomic E-state index is 12.5. The summed E-state index contributed by atoms with van der Waals surface area (Å²) in [6.07, 6.45) is -3.69. The zero-order chi connectivity index (χ0) is 14.6. The SMILES string of the molecule is CCCN(CC(F)(F)F)c1ccc(C(=N)N)c(Cl)c1. The molecule has 0 radical (unpaired) electrons. The Morgan fingerprint density at radius 2 is 2.05 bits per heavy atom. The molecule has 106 valence electrons. The molecule has 0 spiro atoms. The van der Waals surface area contributed by atoms with Gasteiger partial charge in [-0.25, -0.2) is 0 Å². The van der Waals surface area contributed by atoms with Gasteiger partial charge in [-0.2, -0.15) is 13.2 Å². The lowest BCUT2D eigenvalue weighted by atomic mass is 10.1. The van der Waals surface area contributed by atoms with Crippen molar-refractivity contribution in [3.63, 3.8) is 0 Å². The molecule has 0 fully saturated rings. The van der Waals surface area contributed by atoms with Crippen LogP contribution in [0.4, 0.5) is 18.9 Å². The van der Waals surface area contributed by atoms with Crippen LogP contribution in [-0.2, 0) is 0 Å². The van der Waals surface area contributed by atoms with Crippen molar-refractivity contribution in [3.05, 3.63) is 28.8 Å². The molecule has 3 nitrogen and oxygen atoms in total. The molecule has 1 rings (SSSR count). The molecule has 0 atom stereocenters. The van der Waals surface area contributed by atoms with E-state index in [0.717, 1.165) is 0 Å². The minimum atomic E-state index is -4.28. The molecule has 0 saturated carbocycles. The maximum atomic E-state index is 12.5. The van der Waals surface area contributed by atoms with Crippen molar-refractivity contribution in [3.8, 4) is 0 Å². The van der Waals surface area contributed by atoms with E-state index in [2.05, 4.69) is 0 Å². The summed E-state index contributed by atoms with van der Waals surface area (Å²) in [5.74, 6) is -0.214. The van der Waals surface area contributed by atoms with Gasteiger partial charge in [0.05, 0.1) is 5.02 Å². The molecule has 1 aromatic rings. The van der Waals surface area contributed by atoms with E-state index < -0.39 is 12.7 Å². The van der Waals surface area contributed by atoms with Crippen molar-refractivity contribution >= 4 is 23.1 Å². The zero-order valence-electron chi connectivity index (χ0n) is 10.4. The predicted molar refractivity (Wildman–Crippen MR) is 71.0 cm³/mol. The molecule has 7 heteroatoms. The molecule has 0 heterocycles. The lowest BCUT2D eigenvalue weighted by Crippen LogP contribution is -2.34. The monoisotopic (exact) mass is 293 g/mol. The molecule has 0 aliphatic rings. The van der Waals surface area contributed by atoms with Crippen LogP contribution in [0.1, 0.15) is 18.9 Å². The standard InChI is InChI=1S/C12H15ClF3N3/c1-2-5-19(7-12(14,15)16)8-3-4-9(11(17)18)10(13)6-8/h3-4,6H,2,5,7H2,1H3,(H3,17,18). The van der Waals surface area contributed by atoms with Gasteiger partial charge in [-0.05, 0) is 24.6 Å². The van der Waals surface area contributed by atoms with Gasteiger partial charge >= 0.3 is 6.18 Å². The van der Waals surface area contributed by atoms with Crippen molar-refractivity contribution in [1.82, 2.24) is 0 Å². The van der Waals surface area contributed by atoms with Crippen molar-refractivity contribution in [2.45, 2.75) is 19.5 Å². The van der Waals surface area contributed by atoms with E-state index in [1.165, 1.54) is 23.1 Å². The Hall–Kier alpha value is -1.43. The normalized spacial score (nSPS) is 11.4. The number of anilines is 1. The van der Waals surface area contributed by atoms with Gasteiger partial charge in [0.2, 0.25) is 0 Å². The molecule has 3 N–H and O–H groups in total. The first kappa shape index (κ1) is 15.6. The molecule has 0 aliphatic heterocycles. The smallest absolute Gasteiger partial charge is 0.384 e. The van der Waals surface area contributed by atoms with Crippen LogP contribution in [0.15, 0.2) is 18.2 Å². The van der Waals surface area contributed by atoms with E-state index >= 15 is 0 Å². The molecule has 0 aromatic heterocycles. The fourth-order valence-corrected chi connectivity index (χ4v) is 1.98. The van der Waals surface area contributed by atoms with Crippen molar-refractivity contribution in [2.24, 2.45) is 5.73 Å². The number of nitrogens with two attached hydrogens (primary N) is 1. The molecule has 0 unspecified atom stereocenters. The average Bonchev–Trinajstić information content (AvgIpc) is 2.26. The van der Waals surface area contributed by atoms with E-state index in [9.17, 15) is 13.2 Å². The summed E-state index contributed by atoms with van der Waals surface area (Å²) in [5.41, 5.74) is 5.99. The van der Waals surface area contributed by atoms with Crippen LogP contribution in [0.3, 0.4) is 0 Å². The molecule has 0 aliphatic carbocycles. The number of nitrogen functional groups attached to an aromatic ring is 1. The van der Waals surface area contributed by atoms with Crippen LogP contribution in [0.25, 0.3) is 0 Å². The summed E-state index contributed by atoms with van der Waals surface area (Å²) < 4.78 is 37.5. The van der Waals surface area contributed by atoms with Crippen LogP contribution in [-0.4, -0.2) is 25.1 Å². The first-order chi connectivity index (χ1) is 8.74. The Morgan fingerprint density at radius 3 is 2.47 bits per heavy atom. The second-order valence-corrected chi connectivity index (χ2v) is 4.52. The first-order valence-electron chi connectivity index (χ1n) is 5.70. The number of hydrogen-bond acceptors (Lipinski definition) is 2. The van der Waals surface area contributed by atoms with Gasteiger partial charge in [-0.3, -0.25) is 5.41 Å². The summed E-state index contributed by atoms with van der Waals surface area (Å²) in [5, 5.41) is 7.45. The predicted octanol–water partition coefficient (Wildman–Crippen LogP) is 3.40. The van der Waals surface area contributed by atoms with Crippen molar-refractivity contribution in [1.29, 1.82) is 5.41 Å². The highest BCUT2D eigenvalue weighted by Gasteiger charge is 2.30. The third kappa shape index (κ3) is 4.63. The van der Waals surface area contributed by atoms with Crippen LogP contribution in [0, 0.1) is 5.41 Å². The van der Waals surface area contributed by atoms with E-state index in [0.29, 0.717) is 17.7 Å². The number of rotatable bonds is 5. The fraction of sp³-hybridized carbons (Fsp3) is 0.417. The summed E-state index contributed by atoms with van der Waals surface area (Å²) in [7, 11) is 0. The van der Waals surface area contributed by atoms with Gasteiger partial charge in [0.15, 0.2) is 0 Å². The Balaban J connectivity index is 3.03. The minimum Gasteiger partial charge on any atom is -0.384 e. The van der Waals surface area contributed by atoms with E-state index in [4.69, 9.17) is 22.7 Å². The van der Waals surface area contributed by atoms with Crippen LogP contribution < -0.4 is 10.6 Å². The van der Waals surface area contributed by atoms with Crippen molar-refractivity contribution in [2.75, 3.05) is 18.0 Å². The third-order valence-electron chi connectivity index (χ3n) is 2.47. The Kier molecular flexibility index (Phi) is 5.05. The molecular weight excluding hydrogens is 279 g/mol. The number of halogens is 4.